The van der Waals surface area contributed by atoms with Crippen molar-refractivity contribution < 1.29 is 4.79 Å². The summed E-state index contributed by atoms with van der Waals surface area (Å²) in [7, 11) is 0. The van der Waals surface area contributed by atoms with Crippen molar-refractivity contribution in [2.75, 3.05) is 11.9 Å². The maximum absolute atomic E-state index is 12.8. The molecular formula is C22H23BrClN3O. The Morgan fingerprint density at radius 1 is 1.14 bits per heavy atom. The maximum Gasteiger partial charge on any atom is 0.322 e. The van der Waals surface area contributed by atoms with E-state index in [0.29, 0.717) is 13.1 Å². The van der Waals surface area contributed by atoms with Gasteiger partial charge >= 0.3 is 6.03 Å². The largest absolute Gasteiger partial charge is 0.345 e. The molecule has 4 nitrogen and oxygen atoms in total. The summed E-state index contributed by atoms with van der Waals surface area (Å²) in [5.41, 5.74) is 2.99. The van der Waals surface area contributed by atoms with Crippen molar-refractivity contribution >= 4 is 39.2 Å². The number of urea groups is 1. The average molecular weight is 461 g/mol. The highest BCUT2D eigenvalue weighted by molar-refractivity contribution is 9.10. The van der Waals surface area contributed by atoms with Crippen LogP contribution in [0.15, 0.2) is 71.3 Å². The summed E-state index contributed by atoms with van der Waals surface area (Å²) in [4.78, 5) is 14.6. The predicted octanol–water partition coefficient (Wildman–Crippen LogP) is 6.40. The van der Waals surface area contributed by atoms with Gasteiger partial charge in [-0.3, -0.25) is 0 Å². The van der Waals surface area contributed by atoms with Crippen molar-refractivity contribution in [3.63, 3.8) is 0 Å². The van der Waals surface area contributed by atoms with Crippen LogP contribution >= 0.6 is 27.5 Å². The Bertz CT molecular complexity index is 924. The molecule has 0 radical (unpaired) electrons. The molecule has 0 saturated carbocycles. The summed E-state index contributed by atoms with van der Waals surface area (Å²) < 4.78 is 3.14. The number of carbonyl (C=O) groups is 1. The number of hydrogen-bond acceptors (Lipinski definition) is 1. The molecule has 0 spiro atoms. The number of carbonyl (C=O) groups excluding carboxylic acids is 1. The minimum absolute atomic E-state index is 0.0975. The molecule has 0 fully saturated rings. The van der Waals surface area contributed by atoms with Gasteiger partial charge in [-0.1, -0.05) is 46.6 Å². The van der Waals surface area contributed by atoms with Crippen molar-refractivity contribution in [2.45, 2.75) is 26.4 Å². The van der Waals surface area contributed by atoms with Gasteiger partial charge in [0, 0.05) is 40.2 Å². The molecule has 1 aromatic heterocycles. The number of hydrogen-bond donors (Lipinski definition) is 1. The Kier molecular flexibility index (Phi) is 7.18. The zero-order valence-corrected chi connectivity index (χ0v) is 18.1. The Hall–Kier alpha value is -2.24. The summed E-state index contributed by atoms with van der Waals surface area (Å²) in [6, 6.07) is 19.4. The first-order chi connectivity index (χ1) is 13.5. The van der Waals surface area contributed by atoms with E-state index in [1.165, 1.54) is 0 Å². The number of nitrogens with zero attached hydrogens (tertiary/aromatic N) is 2. The minimum atomic E-state index is -0.0975. The van der Waals surface area contributed by atoms with Crippen LogP contribution < -0.4 is 5.32 Å². The van der Waals surface area contributed by atoms with Crippen LogP contribution in [-0.2, 0) is 13.1 Å². The lowest BCUT2D eigenvalue weighted by atomic mass is 10.2. The molecule has 2 amide bonds. The molecule has 2 aromatic carbocycles. The van der Waals surface area contributed by atoms with Crippen LogP contribution in [0.25, 0.3) is 0 Å². The Morgan fingerprint density at radius 3 is 2.64 bits per heavy atom. The highest BCUT2D eigenvalue weighted by Crippen LogP contribution is 2.17. The molecule has 0 aliphatic heterocycles. The van der Waals surface area contributed by atoms with E-state index in [0.717, 1.165) is 39.4 Å². The van der Waals surface area contributed by atoms with E-state index in [1.807, 2.05) is 59.6 Å². The summed E-state index contributed by atoms with van der Waals surface area (Å²) in [5, 5.41) is 3.71. The van der Waals surface area contributed by atoms with E-state index in [1.54, 1.807) is 0 Å². The van der Waals surface area contributed by atoms with Gasteiger partial charge < -0.3 is 14.8 Å². The highest BCUT2D eigenvalue weighted by Gasteiger charge is 2.15. The molecule has 28 heavy (non-hydrogen) atoms. The van der Waals surface area contributed by atoms with Gasteiger partial charge in [-0.15, -0.1) is 0 Å². The number of anilines is 1. The third-order valence-corrected chi connectivity index (χ3v) is 5.16. The molecule has 146 valence electrons. The molecule has 0 aliphatic carbocycles. The van der Waals surface area contributed by atoms with Crippen LogP contribution in [0.4, 0.5) is 10.5 Å². The molecule has 0 atom stereocenters. The molecule has 3 rings (SSSR count). The first-order valence-corrected chi connectivity index (χ1v) is 10.4. The second kappa shape index (κ2) is 9.80. The zero-order valence-electron chi connectivity index (χ0n) is 15.7. The van der Waals surface area contributed by atoms with Crippen LogP contribution in [0.1, 0.15) is 24.6 Å². The van der Waals surface area contributed by atoms with Crippen LogP contribution in [-0.4, -0.2) is 22.0 Å². The normalized spacial score (nSPS) is 10.7. The van der Waals surface area contributed by atoms with Crippen LogP contribution in [0.3, 0.4) is 0 Å². The smallest absolute Gasteiger partial charge is 0.322 e. The topological polar surface area (TPSA) is 37.3 Å². The number of rotatable bonds is 7. The van der Waals surface area contributed by atoms with Gasteiger partial charge in [0.15, 0.2) is 0 Å². The van der Waals surface area contributed by atoms with E-state index in [2.05, 4.69) is 44.9 Å². The van der Waals surface area contributed by atoms with E-state index in [4.69, 9.17) is 11.6 Å². The van der Waals surface area contributed by atoms with Crippen molar-refractivity contribution in [3.8, 4) is 0 Å². The van der Waals surface area contributed by atoms with Gasteiger partial charge in [-0.05, 0) is 60.5 Å². The summed E-state index contributed by atoms with van der Waals surface area (Å²) in [5.74, 6) is 0. The average Bonchev–Trinajstić information content (AvgIpc) is 3.10. The third kappa shape index (κ3) is 5.63. The molecule has 0 unspecified atom stereocenters. The number of aromatic nitrogens is 1. The first-order valence-electron chi connectivity index (χ1n) is 9.25. The SMILES string of the molecule is CCCN(Cc1cccn1Cc1cccc(Cl)c1)C(=O)Nc1ccc(Br)cc1. The molecule has 1 heterocycles. The molecule has 0 aliphatic rings. The fraction of sp³-hybridized carbons (Fsp3) is 0.227. The second-order valence-electron chi connectivity index (χ2n) is 6.62. The van der Waals surface area contributed by atoms with Gasteiger partial charge in [-0.25, -0.2) is 4.79 Å². The maximum atomic E-state index is 12.8. The Labute approximate surface area is 179 Å². The van der Waals surface area contributed by atoms with Crippen molar-refractivity contribution in [3.05, 3.63) is 87.6 Å². The fourth-order valence-electron chi connectivity index (χ4n) is 3.03. The molecule has 0 bridgehead atoms. The molecule has 6 heteroatoms. The van der Waals surface area contributed by atoms with E-state index in [9.17, 15) is 4.79 Å². The monoisotopic (exact) mass is 459 g/mol. The second-order valence-corrected chi connectivity index (χ2v) is 7.97. The highest BCUT2D eigenvalue weighted by atomic mass is 79.9. The van der Waals surface area contributed by atoms with Gasteiger partial charge in [0.2, 0.25) is 0 Å². The van der Waals surface area contributed by atoms with E-state index >= 15 is 0 Å². The molecule has 0 saturated heterocycles. The van der Waals surface area contributed by atoms with Gasteiger partial charge in [0.25, 0.3) is 0 Å². The van der Waals surface area contributed by atoms with Crippen molar-refractivity contribution in [1.82, 2.24) is 9.47 Å². The number of halogens is 2. The molecule has 1 N–H and O–H groups in total. The Balaban J connectivity index is 1.71. The standard InChI is InChI=1S/C22H23BrClN3O/c1-2-12-27(22(28)25-20-10-8-18(23)9-11-20)16-21-7-4-13-26(21)15-17-5-3-6-19(24)14-17/h3-11,13-14H,2,12,15-16H2,1H3,(H,25,28). The van der Waals surface area contributed by atoms with E-state index in [-0.39, 0.29) is 6.03 Å². The zero-order chi connectivity index (χ0) is 19.9. The summed E-state index contributed by atoms with van der Waals surface area (Å²) >= 11 is 9.52. The summed E-state index contributed by atoms with van der Waals surface area (Å²) in [6.45, 7) is 4.02. The minimum Gasteiger partial charge on any atom is -0.345 e. The quantitative estimate of drug-likeness (QED) is 0.435. The first kappa shape index (κ1) is 20.5. The van der Waals surface area contributed by atoms with Crippen LogP contribution in [0.5, 0.6) is 0 Å². The lowest BCUT2D eigenvalue weighted by Gasteiger charge is -2.23. The third-order valence-electron chi connectivity index (χ3n) is 4.39. The predicted molar refractivity (Wildman–Crippen MR) is 119 cm³/mol. The lowest BCUT2D eigenvalue weighted by Crippen LogP contribution is -2.35. The van der Waals surface area contributed by atoms with Gasteiger partial charge in [-0.2, -0.15) is 0 Å². The van der Waals surface area contributed by atoms with E-state index < -0.39 is 0 Å². The number of benzene rings is 2. The number of amides is 2. The van der Waals surface area contributed by atoms with Gasteiger partial charge in [0.05, 0.1) is 6.54 Å². The van der Waals surface area contributed by atoms with Crippen molar-refractivity contribution in [2.24, 2.45) is 0 Å². The molecular weight excluding hydrogens is 438 g/mol. The number of nitrogens with one attached hydrogen (secondary N) is 1. The fourth-order valence-corrected chi connectivity index (χ4v) is 3.51. The van der Waals surface area contributed by atoms with Crippen LogP contribution in [0.2, 0.25) is 5.02 Å². The lowest BCUT2D eigenvalue weighted by molar-refractivity contribution is 0.208. The molecule has 3 aromatic rings. The van der Waals surface area contributed by atoms with Gasteiger partial charge in [0.1, 0.15) is 0 Å². The van der Waals surface area contributed by atoms with Crippen molar-refractivity contribution in [1.29, 1.82) is 0 Å². The van der Waals surface area contributed by atoms with Crippen LogP contribution in [0, 0.1) is 0 Å². The summed E-state index contributed by atoms with van der Waals surface area (Å²) in [6.07, 6.45) is 2.93. The Morgan fingerprint density at radius 2 is 1.93 bits per heavy atom.